The molecule has 0 heterocycles. The van der Waals surface area contributed by atoms with Crippen molar-refractivity contribution in [2.45, 2.75) is 4.90 Å². The van der Waals surface area contributed by atoms with Crippen LogP contribution in [-0.2, 0) is 0 Å². The van der Waals surface area contributed by atoms with Crippen LogP contribution in [0.5, 0.6) is 11.5 Å². The number of ether oxygens (including phenoxy) is 2. The number of rotatable bonds is 5. The maximum absolute atomic E-state index is 12.4. The lowest BCUT2D eigenvalue weighted by Gasteiger charge is -2.11. The molecular formula is C16H17NO3S. The molecule has 1 N–H and O–H groups in total. The van der Waals surface area contributed by atoms with Gasteiger partial charge in [0.15, 0.2) is 0 Å². The highest BCUT2D eigenvalue weighted by molar-refractivity contribution is 7.98. The summed E-state index contributed by atoms with van der Waals surface area (Å²) in [5, 5.41) is 2.84. The Morgan fingerprint density at radius 2 is 1.90 bits per heavy atom. The molecule has 2 aromatic rings. The lowest BCUT2D eigenvalue weighted by molar-refractivity contribution is 0.102. The van der Waals surface area contributed by atoms with Gasteiger partial charge < -0.3 is 14.8 Å². The van der Waals surface area contributed by atoms with Crippen LogP contribution in [0.15, 0.2) is 47.4 Å². The van der Waals surface area contributed by atoms with Gasteiger partial charge in [-0.2, -0.15) is 0 Å². The molecular weight excluding hydrogens is 286 g/mol. The molecule has 0 spiro atoms. The van der Waals surface area contributed by atoms with Gasteiger partial charge >= 0.3 is 0 Å². The van der Waals surface area contributed by atoms with Crippen molar-refractivity contribution in [1.29, 1.82) is 0 Å². The first-order valence-corrected chi connectivity index (χ1v) is 7.58. The first-order chi connectivity index (χ1) is 10.2. The summed E-state index contributed by atoms with van der Waals surface area (Å²) in [6.45, 7) is 0. The number of thioether (sulfide) groups is 1. The molecule has 0 aliphatic heterocycles. The number of methoxy groups -OCH3 is 2. The molecule has 2 rings (SSSR count). The fraction of sp³-hybridized carbons (Fsp3) is 0.188. The molecule has 21 heavy (non-hydrogen) atoms. The highest BCUT2D eigenvalue weighted by Gasteiger charge is 2.13. The Morgan fingerprint density at radius 1 is 1.10 bits per heavy atom. The molecule has 0 aromatic heterocycles. The van der Waals surface area contributed by atoms with Crippen LogP contribution in [0.1, 0.15) is 10.4 Å². The SMILES string of the molecule is COc1cccc(NC(=O)c2ccc(SC)cc2OC)c1. The minimum Gasteiger partial charge on any atom is -0.497 e. The van der Waals surface area contributed by atoms with E-state index in [-0.39, 0.29) is 5.91 Å². The zero-order chi connectivity index (χ0) is 15.2. The van der Waals surface area contributed by atoms with Crippen molar-refractivity contribution < 1.29 is 14.3 Å². The van der Waals surface area contributed by atoms with Crippen LogP contribution < -0.4 is 14.8 Å². The van der Waals surface area contributed by atoms with Crippen LogP contribution >= 0.6 is 11.8 Å². The molecule has 0 saturated heterocycles. The normalized spacial score (nSPS) is 10.0. The van der Waals surface area contributed by atoms with E-state index < -0.39 is 0 Å². The van der Waals surface area contributed by atoms with E-state index in [9.17, 15) is 4.79 Å². The van der Waals surface area contributed by atoms with Crippen LogP contribution in [0, 0.1) is 0 Å². The topological polar surface area (TPSA) is 47.6 Å². The van der Waals surface area contributed by atoms with Gasteiger partial charge in [-0.15, -0.1) is 11.8 Å². The fourth-order valence-corrected chi connectivity index (χ4v) is 2.31. The summed E-state index contributed by atoms with van der Waals surface area (Å²) >= 11 is 1.60. The van der Waals surface area contributed by atoms with E-state index in [0.29, 0.717) is 22.7 Å². The summed E-state index contributed by atoms with van der Waals surface area (Å²) in [6, 6.07) is 12.7. The number of benzene rings is 2. The molecule has 5 heteroatoms. The minimum absolute atomic E-state index is 0.215. The maximum atomic E-state index is 12.4. The average Bonchev–Trinajstić information content (AvgIpc) is 2.54. The summed E-state index contributed by atoms with van der Waals surface area (Å²) in [5.41, 5.74) is 1.17. The highest BCUT2D eigenvalue weighted by Crippen LogP contribution is 2.26. The first kappa shape index (κ1) is 15.3. The van der Waals surface area contributed by atoms with Crippen LogP contribution in [0.3, 0.4) is 0 Å². The molecule has 1 amide bonds. The molecule has 0 fully saturated rings. The second-order valence-electron chi connectivity index (χ2n) is 4.25. The number of carbonyl (C=O) groups is 1. The predicted molar refractivity (Wildman–Crippen MR) is 85.7 cm³/mol. The number of carbonyl (C=O) groups excluding carboxylic acids is 1. The second-order valence-corrected chi connectivity index (χ2v) is 5.13. The Labute approximate surface area is 128 Å². The van der Waals surface area contributed by atoms with Crippen molar-refractivity contribution in [2.75, 3.05) is 25.8 Å². The number of anilines is 1. The summed E-state index contributed by atoms with van der Waals surface area (Å²) in [7, 11) is 3.15. The molecule has 0 atom stereocenters. The summed E-state index contributed by atoms with van der Waals surface area (Å²) in [5.74, 6) is 1.03. The van der Waals surface area contributed by atoms with Gasteiger partial charge in [-0.3, -0.25) is 4.79 Å². The van der Waals surface area contributed by atoms with Crippen molar-refractivity contribution in [3.8, 4) is 11.5 Å². The van der Waals surface area contributed by atoms with Gasteiger partial charge in [-0.25, -0.2) is 0 Å². The molecule has 110 valence electrons. The Hall–Kier alpha value is -2.14. The summed E-state index contributed by atoms with van der Waals surface area (Å²) in [6.07, 6.45) is 1.98. The van der Waals surface area contributed by atoms with E-state index in [1.807, 2.05) is 36.6 Å². The van der Waals surface area contributed by atoms with Crippen molar-refractivity contribution in [3.63, 3.8) is 0 Å². The van der Waals surface area contributed by atoms with Gasteiger partial charge in [0.2, 0.25) is 0 Å². The van der Waals surface area contributed by atoms with E-state index in [1.165, 1.54) is 0 Å². The number of nitrogens with one attached hydrogen (secondary N) is 1. The maximum Gasteiger partial charge on any atom is 0.259 e. The standard InChI is InChI=1S/C16H17NO3S/c1-19-12-6-4-5-11(9-12)17-16(18)14-8-7-13(21-3)10-15(14)20-2/h4-10H,1-3H3,(H,17,18). The summed E-state index contributed by atoms with van der Waals surface area (Å²) in [4.78, 5) is 13.4. The van der Waals surface area contributed by atoms with E-state index >= 15 is 0 Å². The van der Waals surface area contributed by atoms with Crippen LogP contribution in [0.25, 0.3) is 0 Å². The predicted octanol–water partition coefficient (Wildman–Crippen LogP) is 3.68. The van der Waals surface area contributed by atoms with Gasteiger partial charge in [0.05, 0.1) is 19.8 Å². The zero-order valence-electron chi connectivity index (χ0n) is 12.2. The number of hydrogen-bond donors (Lipinski definition) is 1. The van der Waals surface area contributed by atoms with Gasteiger partial charge in [0.1, 0.15) is 11.5 Å². The van der Waals surface area contributed by atoms with Gasteiger partial charge in [-0.05, 0) is 36.6 Å². The van der Waals surface area contributed by atoms with E-state index in [0.717, 1.165) is 4.90 Å². The first-order valence-electron chi connectivity index (χ1n) is 6.35. The lowest BCUT2D eigenvalue weighted by Crippen LogP contribution is -2.13. The monoisotopic (exact) mass is 303 g/mol. The van der Waals surface area contributed by atoms with E-state index in [4.69, 9.17) is 9.47 Å². The quantitative estimate of drug-likeness (QED) is 0.856. The van der Waals surface area contributed by atoms with E-state index in [2.05, 4.69) is 5.32 Å². The third-order valence-electron chi connectivity index (χ3n) is 2.98. The van der Waals surface area contributed by atoms with Crippen molar-refractivity contribution >= 4 is 23.4 Å². The van der Waals surface area contributed by atoms with Crippen LogP contribution in [-0.4, -0.2) is 26.4 Å². The zero-order valence-corrected chi connectivity index (χ0v) is 13.0. The number of amides is 1. The van der Waals surface area contributed by atoms with Crippen LogP contribution in [0.2, 0.25) is 0 Å². The van der Waals surface area contributed by atoms with Crippen molar-refractivity contribution in [2.24, 2.45) is 0 Å². The molecule has 2 aromatic carbocycles. The molecule has 0 saturated carbocycles. The third kappa shape index (κ3) is 3.70. The Balaban J connectivity index is 2.23. The molecule has 4 nitrogen and oxygen atoms in total. The summed E-state index contributed by atoms with van der Waals surface area (Å²) < 4.78 is 10.4. The Kier molecular flexibility index (Phi) is 5.11. The second kappa shape index (κ2) is 7.04. The molecule has 0 aliphatic rings. The molecule has 0 radical (unpaired) electrons. The Bertz CT molecular complexity index is 643. The van der Waals surface area contributed by atoms with E-state index in [1.54, 1.807) is 38.1 Å². The Morgan fingerprint density at radius 3 is 2.57 bits per heavy atom. The molecule has 0 bridgehead atoms. The van der Waals surface area contributed by atoms with Gasteiger partial charge in [0, 0.05) is 16.6 Å². The molecule has 0 aliphatic carbocycles. The van der Waals surface area contributed by atoms with Gasteiger partial charge in [0.25, 0.3) is 5.91 Å². The largest absolute Gasteiger partial charge is 0.497 e. The smallest absolute Gasteiger partial charge is 0.259 e. The van der Waals surface area contributed by atoms with Crippen molar-refractivity contribution in [1.82, 2.24) is 0 Å². The lowest BCUT2D eigenvalue weighted by atomic mass is 10.2. The van der Waals surface area contributed by atoms with Gasteiger partial charge in [-0.1, -0.05) is 6.07 Å². The fourth-order valence-electron chi connectivity index (χ4n) is 1.89. The van der Waals surface area contributed by atoms with Crippen LogP contribution in [0.4, 0.5) is 5.69 Å². The highest BCUT2D eigenvalue weighted by atomic mass is 32.2. The van der Waals surface area contributed by atoms with Crippen molar-refractivity contribution in [3.05, 3.63) is 48.0 Å². The minimum atomic E-state index is -0.215. The average molecular weight is 303 g/mol. The third-order valence-corrected chi connectivity index (χ3v) is 3.71. The number of hydrogen-bond acceptors (Lipinski definition) is 4. The molecule has 0 unspecified atom stereocenters.